The number of aliphatic imine (C=N–C) groups is 1. The van der Waals surface area contributed by atoms with Gasteiger partial charge in [-0.2, -0.15) is 0 Å². The van der Waals surface area contributed by atoms with Crippen molar-refractivity contribution in [3.63, 3.8) is 0 Å². The van der Waals surface area contributed by atoms with Gasteiger partial charge in [-0.05, 0) is 120 Å². The lowest BCUT2D eigenvalue weighted by Gasteiger charge is -2.26. The summed E-state index contributed by atoms with van der Waals surface area (Å²) in [7, 11) is 0. The minimum atomic E-state index is -0.215. The van der Waals surface area contributed by atoms with Crippen LogP contribution in [0.25, 0.3) is 27.7 Å². The minimum absolute atomic E-state index is 0.215. The predicted molar refractivity (Wildman–Crippen MR) is 200 cm³/mol. The zero-order chi connectivity index (χ0) is 32.4. The molecule has 0 fully saturated rings. The van der Waals surface area contributed by atoms with Crippen molar-refractivity contribution < 1.29 is 4.42 Å². The number of hydrogen-bond acceptors (Lipinski definition) is 3. The first-order valence-corrected chi connectivity index (χ1v) is 17.8. The molecule has 2 heterocycles. The molecule has 0 radical (unpaired) electrons. The molecule has 238 valence electrons. The number of furan rings is 1. The Morgan fingerprint density at radius 3 is 2.65 bits per heavy atom. The monoisotopic (exact) mass is 626 g/mol. The van der Waals surface area contributed by atoms with Crippen LogP contribution in [0.3, 0.4) is 0 Å². The molecular formula is C45H42N2O. The summed E-state index contributed by atoms with van der Waals surface area (Å²) in [4.78, 5) is 5.47. The minimum Gasteiger partial charge on any atom is -0.452 e. The van der Waals surface area contributed by atoms with Gasteiger partial charge in [0.25, 0.3) is 0 Å². The van der Waals surface area contributed by atoms with Gasteiger partial charge in [-0.3, -0.25) is 4.99 Å². The van der Waals surface area contributed by atoms with Crippen molar-refractivity contribution in [1.82, 2.24) is 0 Å². The molecule has 1 aliphatic heterocycles. The van der Waals surface area contributed by atoms with Crippen LogP contribution in [0.2, 0.25) is 0 Å². The third-order valence-corrected chi connectivity index (χ3v) is 11.0. The maximum absolute atomic E-state index is 6.51. The second-order valence-corrected chi connectivity index (χ2v) is 14.4. The largest absolute Gasteiger partial charge is 0.452 e. The highest BCUT2D eigenvalue weighted by Crippen LogP contribution is 2.47. The van der Waals surface area contributed by atoms with Crippen molar-refractivity contribution in [2.75, 3.05) is 5.32 Å². The van der Waals surface area contributed by atoms with Gasteiger partial charge in [0, 0.05) is 10.9 Å². The summed E-state index contributed by atoms with van der Waals surface area (Å²) < 4.78 is 6.51. The van der Waals surface area contributed by atoms with Gasteiger partial charge in [0.2, 0.25) is 0 Å². The molecule has 0 spiro atoms. The molecule has 0 bridgehead atoms. The molecule has 0 amide bonds. The van der Waals surface area contributed by atoms with E-state index in [1.807, 2.05) is 6.07 Å². The van der Waals surface area contributed by atoms with Crippen molar-refractivity contribution in [2.45, 2.75) is 65.5 Å². The number of anilines is 1. The number of nitrogens with one attached hydrogen (secondary N) is 1. The second-order valence-electron chi connectivity index (χ2n) is 14.4. The van der Waals surface area contributed by atoms with Gasteiger partial charge in [-0.15, -0.1) is 0 Å². The molecule has 9 rings (SSSR count). The van der Waals surface area contributed by atoms with Crippen molar-refractivity contribution in [1.29, 1.82) is 0 Å². The van der Waals surface area contributed by atoms with Crippen molar-refractivity contribution >= 4 is 27.9 Å². The second kappa shape index (κ2) is 11.7. The Bertz CT molecular complexity index is 2210. The fraction of sp³-hybridized carbons (Fsp3) is 0.267. The molecular weight excluding hydrogens is 585 g/mol. The van der Waals surface area contributed by atoms with E-state index in [1.165, 1.54) is 55.7 Å². The summed E-state index contributed by atoms with van der Waals surface area (Å²) in [5.41, 5.74) is 18.3. The van der Waals surface area contributed by atoms with Gasteiger partial charge in [-0.1, -0.05) is 110 Å². The molecule has 4 aliphatic carbocycles. The quantitative estimate of drug-likeness (QED) is 0.211. The highest BCUT2D eigenvalue weighted by Gasteiger charge is 2.33. The van der Waals surface area contributed by atoms with Crippen LogP contribution >= 0.6 is 0 Å². The lowest BCUT2D eigenvalue weighted by atomic mass is 9.82. The first kappa shape index (κ1) is 29.3. The zero-order valence-corrected chi connectivity index (χ0v) is 28.1. The average molecular weight is 627 g/mol. The van der Waals surface area contributed by atoms with Crippen LogP contribution in [-0.4, -0.2) is 5.71 Å². The number of benzene rings is 3. The van der Waals surface area contributed by atoms with Gasteiger partial charge < -0.3 is 9.73 Å². The van der Waals surface area contributed by atoms with E-state index in [9.17, 15) is 0 Å². The van der Waals surface area contributed by atoms with Crippen LogP contribution in [0.1, 0.15) is 86.2 Å². The van der Waals surface area contributed by atoms with Gasteiger partial charge in [-0.25, -0.2) is 0 Å². The van der Waals surface area contributed by atoms with Crippen molar-refractivity contribution in [3.8, 4) is 11.1 Å². The van der Waals surface area contributed by atoms with Crippen LogP contribution in [0.15, 0.2) is 129 Å². The molecule has 1 N–H and O–H groups in total. The van der Waals surface area contributed by atoms with E-state index in [0.717, 1.165) is 72.2 Å². The number of allylic oxidation sites excluding steroid dienone is 12. The Hall–Kier alpha value is -4.89. The fourth-order valence-electron chi connectivity index (χ4n) is 8.60. The lowest BCUT2D eigenvalue weighted by Crippen LogP contribution is -2.21. The van der Waals surface area contributed by atoms with E-state index in [-0.39, 0.29) is 6.17 Å². The molecule has 5 aliphatic rings. The molecule has 3 heteroatoms. The molecule has 48 heavy (non-hydrogen) atoms. The number of fused-ring (bicyclic) bond motifs is 6. The van der Waals surface area contributed by atoms with Crippen molar-refractivity contribution in [3.05, 3.63) is 154 Å². The third kappa shape index (κ3) is 4.91. The summed E-state index contributed by atoms with van der Waals surface area (Å²) in [5.74, 6) is 1.89. The highest BCUT2D eigenvalue weighted by atomic mass is 16.3. The fourth-order valence-corrected chi connectivity index (χ4v) is 8.60. The van der Waals surface area contributed by atoms with Crippen LogP contribution in [-0.2, 0) is 12.8 Å². The molecule has 3 aromatic carbocycles. The van der Waals surface area contributed by atoms with Crippen LogP contribution in [0, 0.1) is 11.8 Å². The first-order valence-electron chi connectivity index (χ1n) is 17.8. The van der Waals surface area contributed by atoms with Gasteiger partial charge >= 0.3 is 0 Å². The molecule has 3 unspecified atom stereocenters. The smallest absolute Gasteiger partial charge is 0.177 e. The molecule has 3 nitrogen and oxygen atoms in total. The Labute approximate surface area is 283 Å². The van der Waals surface area contributed by atoms with E-state index < -0.39 is 0 Å². The Morgan fingerprint density at radius 1 is 0.896 bits per heavy atom. The zero-order valence-electron chi connectivity index (χ0n) is 28.1. The molecule has 1 aromatic heterocycles. The van der Waals surface area contributed by atoms with Crippen molar-refractivity contribution in [2.24, 2.45) is 16.8 Å². The summed E-state index contributed by atoms with van der Waals surface area (Å²) in [5, 5.41) is 4.97. The average Bonchev–Trinajstić information content (AvgIpc) is 3.67. The highest BCUT2D eigenvalue weighted by molar-refractivity contribution is 6.20. The summed E-state index contributed by atoms with van der Waals surface area (Å²) in [6.07, 6.45) is 24.6. The maximum atomic E-state index is 6.51. The lowest BCUT2D eigenvalue weighted by molar-refractivity contribution is 0.599. The van der Waals surface area contributed by atoms with Crippen LogP contribution < -0.4 is 5.32 Å². The van der Waals surface area contributed by atoms with Gasteiger partial charge in [0.05, 0.1) is 5.69 Å². The Morgan fingerprint density at radius 2 is 1.77 bits per heavy atom. The number of rotatable bonds is 5. The van der Waals surface area contributed by atoms with E-state index in [2.05, 4.69) is 123 Å². The molecule has 0 saturated heterocycles. The van der Waals surface area contributed by atoms with E-state index in [4.69, 9.17) is 9.41 Å². The Kier molecular flexibility index (Phi) is 7.11. The standard InChI is InChI=1S/C45H42N2O/c1-27-11-8-14-30(23-27)25-38-34(32-16-5-4-13-29(32)3)21-22-35-33-18-10-19-36(39(33)26-40(35)38)45-46-42(31-15-9-12-28(2)24-31)44-43(47-45)37-17-6-7-20-41(37)48-44/h4,6-11,13-15,17-22,24,27-28,45,47H,5,12,16,23,25-26H2,1-3H3. The SMILES string of the molecule is CC1=C(c2ccc3c(c2CC2=CC=CC(C)C2)Cc2c-3cccc2C2N=C(C3=CC(C)CC=C3)c3oc4ccccc4c3N2)CCC=C1. The predicted octanol–water partition coefficient (Wildman–Crippen LogP) is 11.6. The van der Waals surface area contributed by atoms with Gasteiger partial charge in [0.1, 0.15) is 17.5 Å². The molecule has 3 atom stereocenters. The van der Waals surface area contributed by atoms with E-state index >= 15 is 0 Å². The first-order chi connectivity index (χ1) is 23.5. The molecule has 4 aromatic rings. The van der Waals surface area contributed by atoms with E-state index in [1.54, 1.807) is 0 Å². The van der Waals surface area contributed by atoms with Crippen LogP contribution in [0.4, 0.5) is 5.69 Å². The maximum Gasteiger partial charge on any atom is 0.177 e. The number of para-hydroxylation sites is 1. The molecule has 0 saturated carbocycles. The van der Waals surface area contributed by atoms with Gasteiger partial charge in [0.15, 0.2) is 5.76 Å². The summed E-state index contributed by atoms with van der Waals surface area (Å²) in [6, 6.07) is 20.0. The normalized spacial score (nSPS) is 22.6. The number of hydrogen-bond donors (Lipinski definition) is 1. The van der Waals surface area contributed by atoms with Crippen LogP contribution in [0.5, 0.6) is 0 Å². The Balaban J connectivity index is 1.17. The topological polar surface area (TPSA) is 37.5 Å². The number of nitrogens with zero attached hydrogens (tertiary/aromatic N) is 1. The summed E-state index contributed by atoms with van der Waals surface area (Å²) >= 11 is 0. The third-order valence-electron chi connectivity index (χ3n) is 11.0. The van der Waals surface area contributed by atoms with E-state index in [0.29, 0.717) is 11.8 Å². The summed E-state index contributed by atoms with van der Waals surface area (Å²) in [6.45, 7) is 6.90.